The number of carbonyl (C=O) groups excluding carboxylic acids is 1. The molecule has 12 heteroatoms. The van der Waals surface area contributed by atoms with Gasteiger partial charge < -0.3 is 35.3 Å². The first-order chi connectivity index (χ1) is 20.4. The van der Waals surface area contributed by atoms with Crippen LogP contribution in [-0.2, 0) is 11.2 Å². The summed E-state index contributed by atoms with van der Waals surface area (Å²) in [6, 6.07) is 18.6. The van der Waals surface area contributed by atoms with Gasteiger partial charge in [-0.2, -0.15) is 0 Å². The van der Waals surface area contributed by atoms with E-state index >= 15 is 0 Å². The summed E-state index contributed by atoms with van der Waals surface area (Å²) in [7, 11) is 6.29. The molecular weight excluding hydrogens is 574 g/mol. The van der Waals surface area contributed by atoms with Gasteiger partial charge in [0, 0.05) is 34.5 Å². The molecule has 42 heavy (non-hydrogen) atoms. The largest absolute Gasteiger partial charge is 0.497 e. The Kier molecular flexibility index (Phi) is 8.74. The number of methoxy groups -OCH3 is 4. The van der Waals surface area contributed by atoms with Crippen LogP contribution in [-0.4, -0.2) is 44.3 Å². The first-order valence-electron chi connectivity index (χ1n) is 12.7. The van der Waals surface area contributed by atoms with Crippen molar-refractivity contribution in [1.29, 1.82) is 0 Å². The highest BCUT2D eigenvalue weighted by Crippen LogP contribution is 2.43. The van der Waals surface area contributed by atoms with Crippen LogP contribution >= 0.6 is 22.7 Å². The van der Waals surface area contributed by atoms with Crippen LogP contribution in [0, 0.1) is 0 Å². The molecule has 0 aliphatic heterocycles. The second-order valence-electron chi connectivity index (χ2n) is 8.96. The van der Waals surface area contributed by atoms with Crippen molar-refractivity contribution < 1.29 is 23.7 Å². The van der Waals surface area contributed by atoms with Gasteiger partial charge in [0.1, 0.15) is 21.5 Å². The van der Waals surface area contributed by atoms with Gasteiger partial charge in [0.2, 0.25) is 11.7 Å². The quantitative estimate of drug-likeness (QED) is 0.155. The molecule has 0 bridgehead atoms. The van der Waals surface area contributed by atoms with Gasteiger partial charge in [0.05, 0.1) is 40.6 Å². The zero-order valence-electron chi connectivity index (χ0n) is 23.4. The second-order valence-corrected chi connectivity index (χ2v) is 10.8. The predicted molar refractivity (Wildman–Crippen MR) is 168 cm³/mol. The Labute approximate surface area is 251 Å². The van der Waals surface area contributed by atoms with E-state index in [1.165, 1.54) is 22.7 Å². The molecule has 5 aromatic rings. The fraction of sp³-hybridized carbons (Fsp3) is 0.167. The molecule has 0 saturated heterocycles. The number of nitrogens with one attached hydrogen (secondary N) is 2. The SMILES string of the molecule is COc1ccc(CC(=O)Nc2cccc(-c3csc(-c4sc(Nc5cc(OC)c(OC)c(OC)c5)nc4N)n3)c2)cc1. The monoisotopic (exact) mass is 603 g/mol. The Bertz CT molecular complexity index is 1680. The topological polar surface area (TPSA) is 130 Å². The summed E-state index contributed by atoms with van der Waals surface area (Å²) in [5.74, 6) is 2.55. The van der Waals surface area contributed by atoms with Crippen molar-refractivity contribution in [2.24, 2.45) is 0 Å². The van der Waals surface area contributed by atoms with Gasteiger partial charge in [-0.05, 0) is 29.8 Å². The number of hydrogen-bond donors (Lipinski definition) is 3. The first-order valence-corrected chi connectivity index (χ1v) is 14.4. The highest BCUT2D eigenvalue weighted by molar-refractivity contribution is 7.23. The number of benzene rings is 3. The third-order valence-corrected chi connectivity index (χ3v) is 8.22. The van der Waals surface area contributed by atoms with Crippen LogP contribution in [0.15, 0.2) is 66.0 Å². The van der Waals surface area contributed by atoms with Gasteiger partial charge in [-0.3, -0.25) is 4.79 Å². The van der Waals surface area contributed by atoms with Gasteiger partial charge in [0.15, 0.2) is 16.6 Å². The number of nitrogens with zero attached hydrogens (tertiary/aromatic N) is 2. The minimum Gasteiger partial charge on any atom is -0.497 e. The van der Waals surface area contributed by atoms with E-state index in [1.54, 1.807) is 40.6 Å². The van der Waals surface area contributed by atoms with Crippen LogP contribution in [0.4, 0.5) is 22.3 Å². The van der Waals surface area contributed by atoms with E-state index in [4.69, 9.17) is 29.7 Å². The van der Waals surface area contributed by atoms with Crippen molar-refractivity contribution in [3.63, 3.8) is 0 Å². The summed E-state index contributed by atoms with van der Waals surface area (Å²) in [6.07, 6.45) is 0.256. The Morgan fingerprint density at radius 1 is 0.881 bits per heavy atom. The van der Waals surface area contributed by atoms with Crippen LogP contribution in [0.2, 0.25) is 0 Å². The Morgan fingerprint density at radius 2 is 1.62 bits per heavy atom. The van der Waals surface area contributed by atoms with Gasteiger partial charge >= 0.3 is 0 Å². The van der Waals surface area contributed by atoms with E-state index in [2.05, 4.69) is 15.6 Å². The maximum Gasteiger partial charge on any atom is 0.228 e. The van der Waals surface area contributed by atoms with E-state index in [1.807, 2.05) is 53.9 Å². The lowest BCUT2D eigenvalue weighted by atomic mass is 10.1. The number of anilines is 4. The molecule has 0 atom stereocenters. The summed E-state index contributed by atoms with van der Waals surface area (Å²) in [5.41, 5.74) is 10.2. The number of nitrogens with two attached hydrogens (primary N) is 1. The molecular formula is C30H29N5O5S2. The fourth-order valence-electron chi connectivity index (χ4n) is 4.22. The Balaban J connectivity index is 1.30. The molecule has 0 saturated carbocycles. The minimum absolute atomic E-state index is 0.110. The van der Waals surface area contributed by atoms with E-state index < -0.39 is 0 Å². The molecule has 0 spiro atoms. The molecule has 0 aliphatic rings. The summed E-state index contributed by atoms with van der Waals surface area (Å²) < 4.78 is 21.5. The van der Waals surface area contributed by atoms with Crippen LogP contribution in [0.25, 0.3) is 21.1 Å². The highest BCUT2D eigenvalue weighted by atomic mass is 32.1. The zero-order chi connectivity index (χ0) is 29.6. The van der Waals surface area contributed by atoms with Crippen LogP contribution < -0.4 is 35.3 Å². The molecule has 0 radical (unpaired) electrons. The number of hydrogen-bond acceptors (Lipinski definition) is 11. The van der Waals surface area contributed by atoms with Crippen molar-refractivity contribution in [3.05, 3.63) is 71.6 Å². The molecule has 0 fully saturated rings. The normalized spacial score (nSPS) is 10.7. The average molecular weight is 604 g/mol. The number of thiazole rings is 2. The summed E-state index contributed by atoms with van der Waals surface area (Å²) in [5, 5.41) is 9.53. The summed E-state index contributed by atoms with van der Waals surface area (Å²) in [6.45, 7) is 0. The molecule has 216 valence electrons. The number of rotatable bonds is 11. The lowest BCUT2D eigenvalue weighted by Crippen LogP contribution is -2.14. The second kappa shape index (κ2) is 12.8. The number of carbonyl (C=O) groups is 1. The first kappa shape index (κ1) is 28.7. The molecule has 2 heterocycles. The maximum atomic E-state index is 12.6. The molecule has 4 N–H and O–H groups in total. The third kappa shape index (κ3) is 6.40. The summed E-state index contributed by atoms with van der Waals surface area (Å²) >= 11 is 2.86. The molecule has 1 amide bonds. The number of nitrogen functional groups attached to an aromatic ring is 1. The standard InChI is InChI=1S/C30H29N5O5S2/c1-37-21-10-8-17(9-11-21)12-25(36)32-19-7-5-6-18(13-19)22-16-41-29(34-22)27-28(31)35-30(42-27)33-20-14-23(38-2)26(40-4)24(15-20)39-3/h5-11,13-16H,12,31H2,1-4H3,(H,32,36)(H,33,35). The summed E-state index contributed by atoms with van der Waals surface area (Å²) in [4.78, 5) is 22.7. The van der Waals surface area contributed by atoms with Crippen molar-refractivity contribution in [2.45, 2.75) is 6.42 Å². The Hall–Kier alpha value is -4.81. The highest BCUT2D eigenvalue weighted by Gasteiger charge is 2.18. The van der Waals surface area contributed by atoms with Crippen molar-refractivity contribution in [2.75, 3.05) is 44.8 Å². The number of amides is 1. The number of aromatic nitrogens is 2. The zero-order valence-corrected chi connectivity index (χ0v) is 25.0. The molecule has 3 aromatic carbocycles. The van der Waals surface area contributed by atoms with E-state index in [0.29, 0.717) is 39.6 Å². The molecule has 0 unspecified atom stereocenters. The molecule has 2 aromatic heterocycles. The van der Waals surface area contributed by atoms with Gasteiger partial charge in [0.25, 0.3) is 0 Å². The van der Waals surface area contributed by atoms with Crippen LogP contribution in [0.5, 0.6) is 23.0 Å². The van der Waals surface area contributed by atoms with Crippen LogP contribution in [0.1, 0.15) is 5.56 Å². The fourth-order valence-corrected chi connectivity index (χ4v) is 6.05. The Morgan fingerprint density at radius 3 is 2.29 bits per heavy atom. The third-order valence-electron chi connectivity index (χ3n) is 6.23. The number of ether oxygens (including phenoxy) is 4. The van der Waals surface area contributed by atoms with E-state index in [0.717, 1.165) is 32.5 Å². The van der Waals surface area contributed by atoms with Crippen molar-refractivity contribution in [1.82, 2.24) is 9.97 Å². The molecule has 0 aliphatic carbocycles. The minimum atomic E-state index is -0.110. The molecule has 10 nitrogen and oxygen atoms in total. The van der Waals surface area contributed by atoms with Gasteiger partial charge in [-0.1, -0.05) is 35.6 Å². The smallest absolute Gasteiger partial charge is 0.228 e. The van der Waals surface area contributed by atoms with Crippen molar-refractivity contribution >= 4 is 50.9 Å². The molecule has 5 rings (SSSR count). The van der Waals surface area contributed by atoms with Gasteiger partial charge in [-0.25, -0.2) is 9.97 Å². The average Bonchev–Trinajstić information content (AvgIpc) is 3.63. The lowest BCUT2D eigenvalue weighted by Gasteiger charge is -2.14. The lowest BCUT2D eigenvalue weighted by molar-refractivity contribution is -0.115. The maximum absolute atomic E-state index is 12.6. The van der Waals surface area contributed by atoms with Crippen molar-refractivity contribution in [3.8, 4) is 44.1 Å². The van der Waals surface area contributed by atoms with E-state index in [9.17, 15) is 4.79 Å². The van der Waals surface area contributed by atoms with E-state index in [-0.39, 0.29) is 12.3 Å². The van der Waals surface area contributed by atoms with Gasteiger partial charge in [-0.15, -0.1) is 11.3 Å². The van der Waals surface area contributed by atoms with Crippen LogP contribution in [0.3, 0.4) is 0 Å². The predicted octanol–water partition coefficient (Wildman–Crippen LogP) is 6.48.